The van der Waals surface area contributed by atoms with Crippen molar-refractivity contribution >= 4 is 52.2 Å². The molecular weight excluding hydrogens is 408 g/mol. The molecule has 5 nitrogen and oxygen atoms in total. The van der Waals surface area contributed by atoms with Crippen LogP contribution in [0.3, 0.4) is 0 Å². The molecule has 2 aromatic carbocycles. The summed E-state index contributed by atoms with van der Waals surface area (Å²) in [5.74, 6) is -0.936. The molecule has 1 aliphatic rings. The minimum Gasteiger partial charge on any atom is -0.324 e. The third-order valence-electron chi connectivity index (χ3n) is 4.20. The van der Waals surface area contributed by atoms with E-state index in [1.807, 2.05) is 50.3 Å². The molecule has 1 N–H and O–H groups in total. The lowest BCUT2D eigenvalue weighted by atomic mass is 10.1. The van der Waals surface area contributed by atoms with Crippen LogP contribution < -0.4 is 5.32 Å². The molecule has 0 aromatic heterocycles. The highest BCUT2D eigenvalue weighted by Gasteiger charge is 2.36. The van der Waals surface area contributed by atoms with E-state index in [0.717, 1.165) is 33.4 Å². The molecule has 0 atom stereocenters. The number of hydrogen-bond donors (Lipinski definition) is 1. The molecule has 29 heavy (non-hydrogen) atoms. The molecule has 148 valence electrons. The van der Waals surface area contributed by atoms with Crippen molar-refractivity contribution in [2.75, 3.05) is 11.9 Å². The fourth-order valence-corrected chi connectivity index (χ4v) is 3.82. The molecule has 2 aromatic rings. The van der Waals surface area contributed by atoms with E-state index in [9.17, 15) is 14.4 Å². The van der Waals surface area contributed by atoms with Crippen LogP contribution in [0, 0.1) is 6.92 Å². The molecule has 7 heteroatoms. The number of benzene rings is 2. The van der Waals surface area contributed by atoms with E-state index in [-0.39, 0.29) is 6.54 Å². The van der Waals surface area contributed by atoms with Crippen LogP contribution in [0.5, 0.6) is 0 Å². The summed E-state index contributed by atoms with van der Waals surface area (Å²) < 4.78 is 0. The van der Waals surface area contributed by atoms with Gasteiger partial charge in [-0.15, -0.1) is 0 Å². The highest BCUT2D eigenvalue weighted by Crippen LogP contribution is 2.31. The largest absolute Gasteiger partial charge is 0.324 e. The number of amides is 3. The number of imide groups is 1. The maximum absolute atomic E-state index is 12.6. The van der Waals surface area contributed by atoms with Gasteiger partial charge in [-0.2, -0.15) is 0 Å². The van der Waals surface area contributed by atoms with Crippen LogP contribution in [-0.2, 0) is 9.59 Å². The molecule has 0 saturated carbocycles. The Labute approximate surface area is 178 Å². The molecule has 0 unspecified atom stereocenters. The van der Waals surface area contributed by atoms with Crippen LogP contribution in [0.1, 0.15) is 18.1 Å². The normalized spacial score (nSPS) is 15.9. The smallest absolute Gasteiger partial charge is 0.294 e. The summed E-state index contributed by atoms with van der Waals surface area (Å²) in [6, 6.07) is 14.8. The van der Waals surface area contributed by atoms with Crippen LogP contribution >= 0.6 is 23.4 Å². The lowest BCUT2D eigenvalue weighted by Crippen LogP contribution is -2.36. The van der Waals surface area contributed by atoms with E-state index in [2.05, 4.69) is 5.32 Å². The zero-order valence-corrected chi connectivity index (χ0v) is 17.5. The van der Waals surface area contributed by atoms with Gasteiger partial charge in [0.2, 0.25) is 5.91 Å². The highest BCUT2D eigenvalue weighted by molar-refractivity contribution is 8.18. The van der Waals surface area contributed by atoms with Gasteiger partial charge in [0.1, 0.15) is 6.54 Å². The molecule has 0 bridgehead atoms. The lowest BCUT2D eigenvalue weighted by molar-refractivity contribution is -0.127. The van der Waals surface area contributed by atoms with Gasteiger partial charge in [0.15, 0.2) is 0 Å². The lowest BCUT2D eigenvalue weighted by Gasteiger charge is -2.13. The number of halogens is 1. The molecule has 1 fully saturated rings. The summed E-state index contributed by atoms with van der Waals surface area (Å²) in [6.45, 7) is 3.33. The zero-order chi connectivity index (χ0) is 21.0. The second-order valence-corrected chi connectivity index (χ2v) is 8.00. The number of allylic oxidation sites excluding steroid dienone is 2. The van der Waals surface area contributed by atoms with Gasteiger partial charge in [0.25, 0.3) is 11.1 Å². The van der Waals surface area contributed by atoms with Gasteiger partial charge in [0.05, 0.1) is 4.91 Å². The second-order valence-electron chi connectivity index (χ2n) is 6.57. The van der Waals surface area contributed by atoms with Crippen molar-refractivity contribution in [1.82, 2.24) is 4.90 Å². The summed E-state index contributed by atoms with van der Waals surface area (Å²) in [6.07, 6.45) is 3.58. The van der Waals surface area contributed by atoms with E-state index in [1.54, 1.807) is 24.3 Å². The van der Waals surface area contributed by atoms with Gasteiger partial charge in [-0.05, 0) is 60.5 Å². The predicted octanol–water partition coefficient (Wildman–Crippen LogP) is 5.27. The molecule has 1 aliphatic heterocycles. The van der Waals surface area contributed by atoms with Crippen molar-refractivity contribution in [3.63, 3.8) is 0 Å². The van der Waals surface area contributed by atoms with Crippen LogP contribution in [0.4, 0.5) is 10.5 Å². The minimum atomic E-state index is -0.473. The average molecular weight is 427 g/mol. The van der Waals surface area contributed by atoms with Gasteiger partial charge in [0, 0.05) is 10.7 Å². The Bertz CT molecular complexity index is 1030. The molecule has 1 saturated heterocycles. The number of aryl methyl sites for hydroxylation is 1. The topological polar surface area (TPSA) is 66.5 Å². The zero-order valence-electron chi connectivity index (χ0n) is 15.9. The molecule has 0 radical (unpaired) electrons. The summed E-state index contributed by atoms with van der Waals surface area (Å²) in [5, 5.41) is 2.72. The van der Waals surface area contributed by atoms with Crippen molar-refractivity contribution in [3.05, 3.63) is 81.2 Å². The number of rotatable bonds is 5. The standard InChI is InChI=1S/C22H19ClN2O3S/c1-14(10-16-6-4-3-5-7-16)11-19-21(27)25(22(28)29-19)13-20(26)24-18-12-17(23)9-8-15(18)2/h3-12H,13H2,1-2H3,(H,24,26)/b14-10+,19-11+. The van der Waals surface area contributed by atoms with Crippen LogP contribution in [0.2, 0.25) is 5.02 Å². The molecule has 3 rings (SSSR count). The van der Waals surface area contributed by atoms with Crippen molar-refractivity contribution in [3.8, 4) is 0 Å². The van der Waals surface area contributed by atoms with Crippen molar-refractivity contribution < 1.29 is 14.4 Å². The fourth-order valence-electron chi connectivity index (χ4n) is 2.76. The maximum atomic E-state index is 12.6. The Morgan fingerprint density at radius 2 is 1.90 bits per heavy atom. The van der Waals surface area contributed by atoms with Gasteiger partial charge in [-0.1, -0.05) is 54.1 Å². The molecule has 0 aliphatic carbocycles. The molecular formula is C22H19ClN2O3S. The Kier molecular flexibility index (Phi) is 6.56. The maximum Gasteiger partial charge on any atom is 0.294 e. The van der Waals surface area contributed by atoms with E-state index in [1.165, 1.54) is 0 Å². The average Bonchev–Trinajstić information content (AvgIpc) is 2.92. The number of carbonyl (C=O) groups excluding carboxylic acids is 3. The fraction of sp³-hybridized carbons (Fsp3) is 0.136. The van der Waals surface area contributed by atoms with Crippen molar-refractivity contribution in [2.45, 2.75) is 13.8 Å². The highest BCUT2D eigenvalue weighted by atomic mass is 35.5. The third kappa shape index (κ3) is 5.37. The molecule has 1 heterocycles. The first-order valence-corrected chi connectivity index (χ1v) is 10.1. The Morgan fingerprint density at radius 1 is 1.17 bits per heavy atom. The van der Waals surface area contributed by atoms with Gasteiger partial charge < -0.3 is 5.32 Å². The monoisotopic (exact) mass is 426 g/mol. The first kappa shape index (κ1) is 20.9. The Hall–Kier alpha value is -2.83. The summed E-state index contributed by atoms with van der Waals surface area (Å²) in [5.41, 5.74) is 3.21. The van der Waals surface area contributed by atoms with E-state index >= 15 is 0 Å². The van der Waals surface area contributed by atoms with Crippen LogP contribution in [0.25, 0.3) is 6.08 Å². The van der Waals surface area contributed by atoms with E-state index in [4.69, 9.17) is 11.6 Å². The number of thioether (sulfide) groups is 1. The molecule has 0 spiro atoms. The van der Waals surface area contributed by atoms with Gasteiger partial charge >= 0.3 is 0 Å². The number of carbonyl (C=O) groups is 3. The first-order chi connectivity index (χ1) is 13.8. The van der Waals surface area contributed by atoms with E-state index in [0.29, 0.717) is 15.6 Å². The van der Waals surface area contributed by atoms with Crippen LogP contribution in [-0.4, -0.2) is 28.5 Å². The van der Waals surface area contributed by atoms with E-state index < -0.39 is 17.1 Å². The van der Waals surface area contributed by atoms with Crippen molar-refractivity contribution in [2.24, 2.45) is 0 Å². The number of hydrogen-bond acceptors (Lipinski definition) is 4. The Morgan fingerprint density at radius 3 is 2.62 bits per heavy atom. The summed E-state index contributed by atoms with van der Waals surface area (Å²) in [4.78, 5) is 38.4. The molecule has 3 amide bonds. The quantitative estimate of drug-likeness (QED) is 0.661. The minimum absolute atomic E-state index is 0.298. The number of anilines is 1. The third-order valence-corrected chi connectivity index (χ3v) is 5.34. The van der Waals surface area contributed by atoms with Crippen LogP contribution in [0.15, 0.2) is 65.1 Å². The predicted molar refractivity (Wildman–Crippen MR) is 118 cm³/mol. The first-order valence-electron chi connectivity index (χ1n) is 8.88. The Balaban J connectivity index is 1.69. The number of nitrogens with zero attached hydrogens (tertiary/aromatic N) is 1. The summed E-state index contributed by atoms with van der Waals surface area (Å²) >= 11 is 6.79. The SMILES string of the molecule is CC(=C\c1ccccc1)/C=C1/SC(=O)N(CC(=O)Nc2cc(Cl)ccc2C)C1=O. The second kappa shape index (κ2) is 9.11. The van der Waals surface area contributed by atoms with Crippen molar-refractivity contribution in [1.29, 1.82) is 0 Å². The van der Waals surface area contributed by atoms with Gasteiger partial charge in [-0.25, -0.2) is 0 Å². The number of nitrogens with one attached hydrogen (secondary N) is 1. The van der Waals surface area contributed by atoms with Gasteiger partial charge in [-0.3, -0.25) is 19.3 Å². The summed E-state index contributed by atoms with van der Waals surface area (Å²) in [7, 11) is 0.